The summed E-state index contributed by atoms with van der Waals surface area (Å²) in [5.74, 6) is 0.638. The number of aromatic nitrogens is 1. The molecule has 2 amide bonds. The van der Waals surface area contributed by atoms with Crippen molar-refractivity contribution in [3.05, 3.63) is 64.9 Å². The highest BCUT2D eigenvalue weighted by molar-refractivity contribution is 5.96. The normalized spacial score (nSPS) is 23.7. The number of nitrogens with one attached hydrogen (secondary N) is 2. The SMILES string of the molecule is O=C1Nc2ncc(/C=C/C(=O)N3CCC=C(C4=CCCC=C4)CC3)cc2CN2CCNCC12. The maximum Gasteiger partial charge on any atom is 0.246 e. The van der Waals surface area contributed by atoms with Crippen LogP contribution in [0.5, 0.6) is 0 Å². The van der Waals surface area contributed by atoms with E-state index in [1.165, 1.54) is 11.1 Å². The third-order valence-corrected chi connectivity index (χ3v) is 6.80. The first-order chi connectivity index (χ1) is 16.2. The quantitative estimate of drug-likeness (QED) is 0.700. The number of allylic oxidation sites excluding steroid dienone is 4. The van der Waals surface area contributed by atoms with Crippen molar-refractivity contribution in [3.63, 3.8) is 0 Å². The Morgan fingerprint density at radius 1 is 1.15 bits per heavy atom. The average Bonchev–Trinajstić information content (AvgIpc) is 3.18. The van der Waals surface area contributed by atoms with Gasteiger partial charge in [0.1, 0.15) is 11.9 Å². The van der Waals surface area contributed by atoms with Crippen LogP contribution in [-0.2, 0) is 16.1 Å². The van der Waals surface area contributed by atoms with E-state index in [-0.39, 0.29) is 17.9 Å². The molecule has 1 aromatic rings. The Hall–Kier alpha value is -3.03. The predicted octanol–water partition coefficient (Wildman–Crippen LogP) is 2.65. The van der Waals surface area contributed by atoms with E-state index in [0.717, 1.165) is 63.0 Å². The fraction of sp³-hybridized carbons (Fsp3) is 0.423. The molecule has 0 saturated carbocycles. The standard InChI is InChI=1S/C26H31N5O2/c32-24(30-12-4-7-21(10-13-30)20-5-2-1-3-6-20)9-8-19-15-22-18-31-14-11-27-17-23(31)26(33)29-25(22)28-16-19/h2,5-9,15-16,23,27H,1,3-4,10-14,17-18H2,(H,28,29,33)/b9-8+. The molecule has 1 saturated heterocycles. The third-order valence-electron chi connectivity index (χ3n) is 6.80. The second-order valence-electron chi connectivity index (χ2n) is 9.02. The largest absolute Gasteiger partial charge is 0.339 e. The summed E-state index contributed by atoms with van der Waals surface area (Å²) in [6.07, 6.45) is 18.2. The lowest BCUT2D eigenvalue weighted by Crippen LogP contribution is -2.54. The number of amides is 2. The zero-order valence-corrected chi connectivity index (χ0v) is 18.9. The monoisotopic (exact) mass is 445 g/mol. The molecular formula is C26H31N5O2. The van der Waals surface area contributed by atoms with Gasteiger partial charge in [0.25, 0.3) is 0 Å². The van der Waals surface area contributed by atoms with Gasteiger partial charge in [0.15, 0.2) is 0 Å². The van der Waals surface area contributed by atoms with Crippen LogP contribution >= 0.6 is 0 Å². The summed E-state index contributed by atoms with van der Waals surface area (Å²) < 4.78 is 0. The van der Waals surface area contributed by atoms with Gasteiger partial charge in [0, 0.05) is 57.1 Å². The van der Waals surface area contributed by atoms with Crippen LogP contribution in [0.4, 0.5) is 5.82 Å². The Balaban J connectivity index is 1.23. The Morgan fingerprint density at radius 2 is 2.09 bits per heavy atom. The molecule has 1 aromatic heterocycles. The van der Waals surface area contributed by atoms with Crippen LogP contribution in [0.3, 0.4) is 0 Å². The van der Waals surface area contributed by atoms with Crippen molar-refractivity contribution in [2.24, 2.45) is 0 Å². The zero-order chi connectivity index (χ0) is 22.6. The first kappa shape index (κ1) is 21.8. The van der Waals surface area contributed by atoms with Crippen molar-refractivity contribution in [2.45, 2.75) is 38.3 Å². The topological polar surface area (TPSA) is 77.6 Å². The number of anilines is 1. The number of carbonyl (C=O) groups excluding carboxylic acids is 2. The van der Waals surface area contributed by atoms with Crippen LogP contribution in [0.25, 0.3) is 6.08 Å². The molecule has 1 fully saturated rings. The van der Waals surface area contributed by atoms with Crippen LogP contribution in [-0.4, -0.2) is 65.4 Å². The number of piperazine rings is 1. The number of hydrogen-bond acceptors (Lipinski definition) is 5. The molecule has 7 heteroatoms. The van der Waals surface area contributed by atoms with Crippen molar-refractivity contribution in [2.75, 3.05) is 38.0 Å². The van der Waals surface area contributed by atoms with Crippen molar-refractivity contribution in [1.82, 2.24) is 20.1 Å². The minimum atomic E-state index is -0.171. The fourth-order valence-corrected chi connectivity index (χ4v) is 4.94. The van der Waals surface area contributed by atoms with E-state index in [4.69, 9.17) is 0 Å². The number of carbonyl (C=O) groups is 2. The van der Waals surface area contributed by atoms with Gasteiger partial charge in [-0.15, -0.1) is 0 Å². The highest BCUT2D eigenvalue weighted by Gasteiger charge is 2.32. The Bertz CT molecular complexity index is 1050. The molecule has 33 heavy (non-hydrogen) atoms. The first-order valence-electron chi connectivity index (χ1n) is 11.9. The Kier molecular flexibility index (Phi) is 6.51. The van der Waals surface area contributed by atoms with E-state index in [0.29, 0.717) is 18.9 Å². The minimum absolute atomic E-state index is 0.0134. The molecule has 5 rings (SSSR count). The smallest absolute Gasteiger partial charge is 0.246 e. The van der Waals surface area contributed by atoms with Crippen molar-refractivity contribution >= 4 is 23.7 Å². The summed E-state index contributed by atoms with van der Waals surface area (Å²) in [6, 6.07) is 1.86. The van der Waals surface area contributed by atoms with E-state index >= 15 is 0 Å². The number of pyridine rings is 1. The van der Waals surface area contributed by atoms with Gasteiger partial charge in [0.05, 0.1) is 0 Å². The summed E-state index contributed by atoms with van der Waals surface area (Å²) in [6.45, 7) is 4.50. The lowest BCUT2D eigenvalue weighted by Gasteiger charge is -2.32. The van der Waals surface area contributed by atoms with Gasteiger partial charge in [0.2, 0.25) is 11.8 Å². The predicted molar refractivity (Wildman–Crippen MR) is 129 cm³/mol. The Morgan fingerprint density at radius 3 is 2.97 bits per heavy atom. The summed E-state index contributed by atoms with van der Waals surface area (Å²) in [7, 11) is 0. The van der Waals surface area contributed by atoms with Crippen molar-refractivity contribution in [1.29, 1.82) is 0 Å². The van der Waals surface area contributed by atoms with Gasteiger partial charge in [-0.1, -0.05) is 24.3 Å². The van der Waals surface area contributed by atoms with Gasteiger partial charge in [-0.3, -0.25) is 14.5 Å². The number of hydrogen-bond donors (Lipinski definition) is 2. The van der Waals surface area contributed by atoms with Crippen LogP contribution in [0, 0.1) is 0 Å². The maximum atomic E-state index is 12.9. The molecule has 0 aromatic carbocycles. The third kappa shape index (κ3) is 4.99. The maximum absolute atomic E-state index is 12.9. The molecule has 4 aliphatic rings. The second kappa shape index (κ2) is 9.85. The number of nitrogens with zero attached hydrogens (tertiary/aromatic N) is 3. The summed E-state index contributed by atoms with van der Waals surface area (Å²) in [5, 5.41) is 6.24. The highest BCUT2D eigenvalue weighted by atomic mass is 16.2. The van der Waals surface area contributed by atoms with Crippen molar-refractivity contribution in [3.8, 4) is 0 Å². The van der Waals surface area contributed by atoms with E-state index in [1.807, 2.05) is 17.0 Å². The summed E-state index contributed by atoms with van der Waals surface area (Å²) in [4.78, 5) is 34.0. The Labute approximate surface area is 194 Å². The average molecular weight is 446 g/mol. The van der Waals surface area contributed by atoms with Crippen LogP contribution < -0.4 is 10.6 Å². The lowest BCUT2D eigenvalue weighted by atomic mass is 9.97. The molecule has 3 aliphatic heterocycles. The second-order valence-corrected chi connectivity index (χ2v) is 9.02. The molecule has 7 nitrogen and oxygen atoms in total. The minimum Gasteiger partial charge on any atom is -0.339 e. The molecule has 4 heterocycles. The lowest BCUT2D eigenvalue weighted by molar-refractivity contribution is -0.126. The van der Waals surface area contributed by atoms with Crippen molar-refractivity contribution < 1.29 is 9.59 Å². The fourth-order valence-electron chi connectivity index (χ4n) is 4.94. The number of rotatable bonds is 3. The molecule has 2 N–H and O–H groups in total. The van der Waals surface area contributed by atoms with Crippen LogP contribution in [0.2, 0.25) is 0 Å². The molecule has 0 spiro atoms. The number of fused-ring (bicyclic) bond motifs is 2. The van der Waals surface area contributed by atoms with E-state index < -0.39 is 0 Å². The molecule has 1 aliphatic carbocycles. The molecule has 172 valence electrons. The van der Waals surface area contributed by atoms with Crippen LogP contribution in [0.15, 0.2) is 53.8 Å². The van der Waals surface area contributed by atoms with E-state index in [9.17, 15) is 9.59 Å². The zero-order valence-electron chi connectivity index (χ0n) is 18.9. The van der Waals surface area contributed by atoms with Gasteiger partial charge >= 0.3 is 0 Å². The first-order valence-corrected chi connectivity index (χ1v) is 11.9. The molecular weight excluding hydrogens is 414 g/mol. The van der Waals surface area contributed by atoms with Gasteiger partial charge in [-0.2, -0.15) is 0 Å². The molecule has 1 unspecified atom stereocenters. The summed E-state index contributed by atoms with van der Waals surface area (Å²) in [5.41, 5.74) is 4.53. The van der Waals surface area contributed by atoms with Gasteiger partial charge < -0.3 is 15.5 Å². The highest BCUT2D eigenvalue weighted by Crippen LogP contribution is 2.25. The summed E-state index contributed by atoms with van der Waals surface area (Å²) >= 11 is 0. The molecule has 0 radical (unpaired) electrons. The molecule has 1 atom stereocenters. The van der Waals surface area contributed by atoms with E-state index in [1.54, 1.807) is 12.3 Å². The van der Waals surface area contributed by atoms with Gasteiger partial charge in [-0.25, -0.2) is 4.98 Å². The van der Waals surface area contributed by atoms with Crippen LogP contribution in [0.1, 0.15) is 36.8 Å². The van der Waals surface area contributed by atoms with E-state index in [2.05, 4.69) is 44.8 Å². The molecule has 0 bridgehead atoms. The van der Waals surface area contributed by atoms with Gasteiger partial charge in [-0.05, 0) is 54.5 Å².